The van der Waals surface area contributed by atoms with Crippen LogP contribution < -0.4 is 5.32 Å². The van der Waals surface area contributed by atoms with Crippen LogP contribution in [0.5, 0.6) is 0 Å². The number of aromatic amines is 1. The monoisotopic (exact) mass is 402 g/mol. The molecular weight excluding hydrogens is 388 g/mol. The largest absolute Gasteiger partial charge is 0.366 e. The molecule has 0 atom stereocenters. The third-order valence-electron chi connectivity index (χ3n) is 4.59. The van der Waals surface area contributed by atoms with E-state index in [9.17, 15) is 0 Å². The number of tetrazole rings is 1. The predicted molar refractivity (Wildman–Crippen MR) is 110 cm³/mol. The summed E-state index contributed by atoms with van der Waals surface area (Å²) in [6.45, 7) is 0.628. The van der Waals surface area contributed by atoms with Gasteiger partial charge in [-0.15, -0.1) is 5.10 Å². The lowest BCUT2D eigenvalue weighted by atomic mass is 9.98. The van der Waals surface area contributed by atoms with Crippen LogP contribution in [0.3, 0.4) is 0 Å². The van der Waals surface area contributed by atoms with Gasteiger partial charge in [0.1, 0.15) is 11.0 Å². The number of nitrogens with zero attached hydrogens (tertiary/aromatic N) is 6. The van der Waals surface area contributed by atoms with Crippen LogP contribution in [0.2, 0.25) is 5.15 Å². The Labute approximate surface area is 170 Å². The lowest BCUT2D eigenvalue weighted by molar-refractivity contribution is 0.881. The van der Waals surface area contributed by atoms with Crippen molar-refractivity contribution in [2.24, 2.45) is 0 Å². The van der Waals surface area contributed by atoms with E-state index in [4.69, 9.17) is 11.6 Å². The highest BCUT2D eigenvalue weighted by Crippen LogP contribution is 2.29. The summed E-state index contributed by atoms with van der Waals surface area (Å²) in [5.74, 6) is 1.43. The van der Waals surface area contributed by atoms with E-state index in [-0.39, 0.29) is 0 Å². The first kappa shape index (κ1) is 17.3. The normalized spacial score (nSPS) is 11.1. The lowest BCUT2D eigenvalue weighted by Crippen LogP contribution is -2.06. The Morgan fingerprint density at radius 2 is 1.83 bits per heavy atom. The van der Waals surface area contributed by atoms with E-state index in [1.54, 1.807) is 16.8 Å². The maximum atomic E-state index is 6.10. The van der Waals surface area contributed by atoms with Gasteiger partial charge in [-0.2, -0.15) is 9.61 Å². The standard InChI is InChI=1S/C20H15ClN8/c21-17-11-19(29-18(24-17)9-10-23-29)22-12-13-5-7-14(8-6-13)15-3-1-2-4-16(15)20-25-27-28-26-20/h1-11,22H,12H2,(H,25,26,27,28). The van der Waals surface area contributed by atoms with E-state index in [2.05, 4.69) is 66.4 Å². The molecule has 5 rings (SSSR count). The van der Waals surface area contributed by atoms with E-state index in [1.165, 1.54) is 0 Å². The molecule has 0 radical (unpaired) electrons. The van der Waals surface area contributed by atoms with Crippen molar-refractivity contribution in [3.05, 3.63) is 77.6 Å². The smallest absolute Gasteiger partial charge is 0.180 e. The van der Waals surface area contributed by atoms with Crippen molar-refractivity contribution >= 4 is 23.1 Å². The number of hydrogen-bond donors (Lipinski definition) is 2. The topological polar surface area (TPSA) is 96.7 Å². The molecule has 8 nitrogen and oxygen atoms in total. The van der Waals surface area contributed by atoms with Crippen LogP contribution >= 0.6 is 11.6 Å². The van der Waals surface area contributed by atoms with Gasteiger partial charge in [0, 0.05) is 24.2 Å². The van der Waals surface area contributed by atoms with E-state index < -0.39 is 0 Å². The van der Waals surface area contributed by atoms with Gasteiger partial charge < -0.3 is 5.32 Å². The molecule has 2 N–H and O–H groups in total. The van der Waals surface area contributed by atoms with Gasteiger partial charge >= 0.3 is 0 Å². The van der Waals surface area contributed by atoms with Crippen LogP contribution in [-0.4, -0.2) is 35.2 Å². The maximum Gasteiger partial charge on any atom is 0.180 e. The number of benzene rings is 2. The zero-order valence-electron chi connectivity index (χ0n) is 15.1. The minimum atomic E-state index is 0.425. The van der Waals surface area contributed by atoms with Crippen molar-refractivity contribution in [2.75, 3.05) is 5.32 Å². The van der Waals surface area contributed by atoms with Gasteiger partial charge in [0.2, 0.25) is 0 Å². The van der Waals surface area contributed by atoms with E-state index in [1.807, 2.05) is 24.3 Å². The van der Waals surface area contributed by atoms with Crippen LogP contribution in [0.1, 0.15) is 5.56 Å². The first-order chi connectivity index (χ1) is 14.3. The summed E-state index contributed by atoms with van der Waals surface area (Å²) < 4.78 is 1.72. The summed E-state index contributed by atoms with van der Waals surface area (Å²) in [6, 6.07) is 19.9. The molecule has 0 aliphatic rings. The number of fused-ring (bicyclic) bond motifs is 1. The highest BCUT2D eigenvalue weighted by Gasteiger charge is 2.10. The van der Waals surface area contributed by atoms with Crippen LogP contribution in [0.4, 0.5) is 5.82 Å². The number of halogens is 1. The first-order valence-electron chi connectivity index (χ1n) is 8.94. The number of H-pyrrole nitrogens is 1. The summed E-state index contributed by atoms with van der Waals surface area (Å²) in [7, 11) is 0. The average Bonchev–Trinajstić information content (AvgIpc) is 3.44. The van der Waals surface area contributed by atoms with Crippen LogP contribution in [-0.2, 0) is 6.54 Å². The molecule has 0 unspecified atom stereocenters. The van der Waals surface area contributed by atoms with Gasteiger partial charge in [-0.3, -0.25) is 0 Å². The molecule has 0 amide bonds. The third kappa shape index (κ3) is 3.41. The fraction of sp³-hybridized carbons (Fsp3) is 0.0500. The molecule has 0 saturated carbocycles. The fourth-order valence-corrected chi connectivity index (χ4v) is 3.41. The SMILES string of the molecule is Clc1cc(NCc2ccc(-c3ccccc3-c3nnn[nH]3)cc2)n2nccc2n1. The molecular formula is C20H15ClN8. The Morgan fingerprint density at radius 1 is 1.00 bits per heavy atom. The molecule has 3 aromatic heterocycles. The number of anilines is 1. The average molecular weight is 403 g/mol. The molecule has 0 aliphatic carbocycles. The second-order valence-corrected chi connectivity index (χ2v) is 6.80. The van der Waals surface area contributed by atoms with E-state index in [0.717, 1.165) is 28.1 Å². The summed E-state index contributed by atoms with van der Waals surface area (Å²) >= 11 is 6.10. The minimum absolute atomic E-state index is 0.425. The van der Waals surface area contributed by atoms with Gasteiger partial charge in [0.25, 0.3) is 0 Å². The summed E-state index contributed by atoms with van der Waals surface area (Å²) in [4.78, 5) is 4.24. The Bertz CT molecular complexity index is 1260. The Kier molecular flexibility index (Phi) is 4.38. The second kappa shape index (κ2) is 7.33. The molecule has 0 saturated heterocycles. The van der Waals surface area contributed by atoms with Gasteiger partial charge in [0.15, 0.2) is 11.5 Å². The maximum absolute atomic E-state index is 6.10. The lowest BCUT2D eigenvalue weighted by Gasteiger charge is -2.11. The number of nitrogens with one attached hydrogen (secondary N) is 2. The molecule has 0 bridgehead atoms. The molecule has 3 heterocycles. The van der Waals surface area contributed by atoms with Gasteiger partial charge in [-0.1, -0.05) is 60.1 Å². The van der Waals surface area contributed by atoms with Crippen LogP contribution in [0.25, 0.3) is 28.2 Å². The van der Waals surface area contributed by atoms with Gasteiger partial charge in [0.05, 0.1) is 6.20 Å². The third-order valence-corrected chi connectivity index (χ3v) is 4.79. The minimum Gasteiger partial charge on any atom is -0.366 e. The fourth-order valence-electron chi connectivity index (χ4n) is 3.22. The van der Waals surface area contributed by atoms with E-state index >= 15 is 0 Å². The van der Waals surface area contributed by atoms with Crippen molar-refractivity contribution in [1.82, 2.24) is 35.2 Å². The van der Waals surface area contributed by atoms with Crippen molar-refractivity contribution in [2.45, 2.75) is 6.54 Å². The molecule has 0 spiro atoms. The summed E-state index contributed by atoms with van der Waals surface area (Å²) in [5, 5.41) is 22.3. The molecule has 5 aromatic rings. The van der Waals surface area contributed by atoms with Crippen molar-refractivity contribution in [3.8, 4) is 22.5 Å². The number of rotatable bonds is 5. The van der Waals surface area contributed by atoms with Gasteiger partial charge in [-0.05, 0) is 27.1 Å². The molecule has 29 heavy (non-hydrogen) atoms. The Morgan fingerprint density at radius 3 is 2.62 bits per heavy atom. The predicted octanol–water partition coefficient (Wildman–Crippen LogP) is 3.84. The molecule has 142 valence electrons. The molecule has 0 fully saturated rings. The Balaban J connectivity index is 1.38. The highest BCUT2D eigenvalue weighted by atomic mass is 35.5. The Hall–Kier alpha value is -3.78. The quantitative estimate of drug-likeness (QED) is 0.433. The van der Waals surface area contributed by atoms with E-state index in [0.29, 0.717) is 23.2 Å². The van der Waals surface area contributed by atoms with Crippen LogP contribution in [0.15, 0.2) is 66.9 Å². The first-order valence-corrected chi connectivity index (χ1v) is 9.32. The summed E-state index contributed by atoms with van der Waals surface area (Å²) in [5.41, 5.74) is 4.93. The molecule has 9 heteroatoms. The number of hydrogen-bond acceptors (Lipinski definition) is 6. The zero-order valence-corrected chi connectivity index (χ0v) is 15.9. The van der Waals surface area contributed by atoms with Crippen molar-refractivity contribution < 1.29 is 0 Å². The van der Waals surface area contributed by atoms with Gasteiger partial charge in [-0.25, -0.2) is 10.1 Å². The molecule has 2 aromatic carbocycles. The second-order valence-electron chi connectivity index (χ2n) is 6.41. The van der Waals surface area contributed by atoms with Crippen molar-refractivity contribution in [3.63, 3.8) is 0 Å². The zero-order chi connectivity index (χ0) is 19.6. The van der Waals surface area contributed by atoms with Crippen LogP contribution in [0, 0.1) is 0 Å². The molecule has 0 aliphatic heterocycles. The number of aromatic nitrogens is 7. The van der Waals surface area contributed by atoms with Crippen molar-refractivity contribution in [1.29, 1.82) is 0 Å². The summed E-state index contributed by atoms with van der Waals surface area (Å²) in [6.07, 6.45) is 1.69. The highest BCUT2D eigenvalue weighted by molar-refractivity contribution is 6.29.